The zero-order chi connectivity index (χ0) is 28.9. The molecule has 1 saturated carbocycles. The number of nitrogens with one attached hydrogen (secondary N) is 2. The van der Waals surface area contributed by atoms with Gasteiger partial charge in [-0.15, -0.1) is 0 Å². The van der Waals surface area contributed by atoms with Crippen molar-refractivity contribution < 1.29 is 48.7 Å². The molecule has 0 spiro atoms. The Labute approximate surface area is 224 Å². The first-order valence-corrected chi connectivity index (χ1v) is 12.4. The van der Waals surface area contributed by atoms with Crippen LogP contribution in [0.25, 0.3) is 0 Å². The molecule has 210 valence electrons. The Morgan fingerprint density at radius 3 is 1.55 bits per heavy atom. The second-order valence-electron chi connectivity index (χ2n) is 8.91. The van der Waals surface area contributed by atoms with E-state index in [2.05, 4.69) is 61.9 Å². The fourth-order valence-electron chi connectivity index (χ4n) is 3.32. The maximum atomic E-state index is 10.4. The highest BCUT2D eigenvalue weighted by Crippen LogP contribution is 2.14. The van der Waals surface area contributed by atoms with E-state index < -0.39 is 23.9 Å². The Kier molecular flexibility index (Phi) is 18.3. The van der Waals surface area contributed by atoms with Gasteiger partial charge >= 0.3 is 11.9 Å². The summed E-state index contributed by atoms with van der Waals surface area (Å²) in [5.41, 5.74) is 2.06. The zero-order valence-electron chi connectivity index (χ0n) is 22.9. The molecular formula is C28H40N2O8. The van der Waals surface area contributed by atoms with Crippen molar-refractivity contribution in [2.24, 2.45) is 0 Å². The summed E-state index contributed by atoms with van der Waals surface area (Å²) in [4.78, 5) is 42.4. The number of rotatable bonds is 4. The number of carbonyl (C=O) groups is 4. The van der Waals surface area contributed by atoms with Gasteiger partial charge in [-0.1, -0.05) is 55.0 Å². The molecule has 0 aromatic heterocycles. The van der Waals surface area contributed by atoms with Gasteiger partial charge in [-0.05, 0) is 43.4 Å². The number of esters is 2. The van der Waals surface area contributed by atoms with Gasteiger partial charge in [0.1, 0.15) is 12.3 Å². The van der Waals surface area contributed by atoms with Crippen LogP contribution in [0.1, 0.15) is 37.7 Å². The Morgan fingerprint density at radius 2 is 1.24 bits per heavy atom. The number of quaternary nitrogens is 2. The topological polar surface area (TPSA) is 142 Å². The average molecular weight is 533 g/mol. The van der Waals surface area contributed by atoms with Gasteiger partial charge in [0.05, 0.1) is 41.3 Å². The van der Waals surface area contributed by atoms with E-state index in [1.54, 1.807) is 29.2 Å². The van der Waals surface area contributed by atoms with Crippen LogP contribution in [0, 0.1) is 0 Å². The molecule has 38 heavy (non-hydrogen) atoms. The summed E-state index contributed by atoms with van der Waals surface area (Å²) in [5, 5.41) is 19.3. The molecule has 1 fully saturated rings. The molecule has 0 aliphatic heterocycles. The number of hydrogen-bond donors (Lipinski definition) is 2. The van der Waals surface area contributed by atoms with Gasteiger partial charge in [-0.25, -0.2) is 9.59 Å². The quantitative estimate of drug-likeness (QED) is 0.351. The molecule has 0 amide bonds. The third-order valence-corrected chi connectivity index (χ3v) is 5.50. The average Bonchev–Trinajstić information content (AvgIpc) is 2.93. The number of para-hydroxylation sites is 1. The largest absolute Gasteiger partial charge is 0.539 e. The molecule has 0 heterocycles. The fourth-order valence-corrected chi connectivity index (χ4v) is 3.32. The third kappa shape index (κ3) is 16.8. The first-order chi connectivity index (χ1) is 18.0. The molecule has 1 aliphatic rings. The molecule has 0 saturated heterocycles. The van der Waals surface area contributed by atoms with Crippen molar-refractivity contribution in [3.63, 3.8) is 0 Å². The first kappa shape index (κ1) is 34.2. The normalized spacial score (nSPS) is 12.4. The van der Waals surface area contributed by atoms with Crippen LogP contribution < -0.4 is 20.0 Å². The van der Waals surface area contributed by atoms with Gasteiger partial charge in [0.25, 0.3) is 0 Å². The van der Waals surface area contributed by atoms with Crippen molar-refractivity contribution in [1.82, 2.24) is 0 Å². The minimum absolute atomic E-state index is 0.0480. The van der Waals surface area contributed by atoms with Gasteiger partial charge in [-0.2, -0.15) is 0 Å². The number of aliphatic carboxylic acids is 2. The van der Waals surface area contributed by atoms with E-state index in [1.165, 1.54) is 42.7 Å². The van der Waals surface area contributed by atoms with Crippen LogP contribution in [0.2, 0.25) is 0 Å². The minimum atomic E-state index is -1.82. The molecule has 0 unspecified atom stereocenters. The summed E-state index contributed by atoms with van der Waals surface area (Å²) in [7, 11) is 9.76. The second-order valence-corrected chi connectivity index (χ2v) is 8.91. The maximum Gasteiger partial charge on any atom is 0.354 e. The Hall–Kier alpha value is -3.76. The highest BCUT2D eigenvalue weighted by atomic mass is 16.6. The lowest BCUT2D eigenvalue weighted by Gasteiger charge is -2.24. The molecule has 0 bridgehead atoms. The van der Waals surface area contributed by atoms with Gasteiger partial charge in [0.15, 0.2) is 11.9 Å². The van der Waals surface area contributed by atoms with Crippen LogP contribution in [0.5, 0.6) is 0 Å². The van der Waals surface area contributed by atoms with E-state index >= 15 is 0 Å². The summed E-state index contributed by atoms with van der Waals surface area (Å²) < 4.78 is 8.10. The van der Waals surface area contributed by atoms with Gasteiger partial charge in [0, 0.05) is 0 Å². The van der Waals surface area contributed by atoms with Gasteiger partial charge in [-0.3, -0.25) is 0 Å². The summed E-state index contributed by atoms with van der Waals surface area (Å²) >= 11 is 0. The maximum absolute atomic E-state index is 10.4. The molecule has 2 N–H and O–H groups in total. The van der Waals surface area contributed by atoms with Crippen LogP contribution in [0.3, 0.4) is 0 Å². The summed E-state index contributed by atoms with van der Waals surface area (Å²) in [6.45, 7) is -0.0480. The summed E-state index contributed by atoms with van der Waals surface area (Å²) in [6, 6.07) is 20.2. The van der Waals surface area contributed by atoms with Crippen molar-refractivity contribution >= 4 is 29.6 Å². The zero-order valence-corrected chi connectivity index (χ0v) is 22.9. The fraction of sp³-hybridized carbons (Fsp3) is 0.429. The SMILES string of the molecule is COC(=O)C(=O)[O-].C[NH+](C)C1CCCCC1.C[NH+](C)c1ccccc1.O=C([O-])C(=O)OCc1ccccc1. The van der Waals surface area contributed by atoms with Crippen LogP contribution in [-0.4, -0.2) is 65.2 Å². The van der Waals surface area contributed by atoms with Crippen LogP contribution in [0.4, 0.5) is 5.69 Å². The molecule has 3 rings (SSSR count). The summed E-state index contributed by atoms with van der Waals surface area (Å²) in [6.07, 6.45) is 7.33. The molecule has 10 nitrogen and oxygen atoms in total. The standard InChI is InChI=1S/C9H8O4.C8H17N.C8H11N.C3H4O4/c10-8(11)9(12)13-6-7-4-2-1-3-5-7;2*1-9(2)8-6-4-3-5-7-8;1-7-3(6)2(4)5/h1-5H,6H2,(H,10,11);8H,3-7H2,1-2H3;3-7H,1-2H3;1H3,(H,4,5). The second kappa shape index (κ2) is 20.3. The van der Waals surface area contributed by atoms with E-state index in [-0.39, 0.29) is 6.61 Å². The van der Waals surface area contributed by atoms with Crippen LogP contribution in [-0.2, 0) is 35.3 Å². The van der Waals surface area contributed by atoms with Crippen molar-refractivity contribution in [1.29, 1.82) is 0 Å². The lowest BCUT2D eigenvalue weighted by atomic mass is 9.95. The van der Waals surface area contributed by atoms with Crippen LogP contribution in [0.15, 0.2) is 60.7 Å². The number of carboxylic acids is 2. The highest BCUT2D eigenvalue weighted by molar-refractivity contribution is 6.27. The number of ether oxygens (including phenoxy) is 2. The molecular weight excluding hydrogens is 492 g/mol. The molecule has 2 aromatic rings. The Balaban J connectivity index is 0.000000494. The van der Waals surface area contributed by atoms with Crippen molar-refractivity contribution in [2.45, 2.75) is 44.8 Å². The third-order valence-electron chi connectivity index (χ3n) is 5.50. The molecule has 0 radical (unpaired) electrons. The van der Waals surface area contributed by atoms with Crippen molar-refractivity contribution in [3.8, 4) is 0 Å². The molecule has 0 atom stereocenters. The Bertz CT molecular complexity index is 944. The monoisotopic (exact) mass is 532 g/mol. The summed E-state index contributed by atoms with van der Waals surface area (Å²) in [5.74, 6) is -6.33. The van der Waals surface area contributed by atoms with E-state index in [4.69, 9.17) is 0 Å². The van der Waals surface area contributed by atoms with Gasteiger partial charge < -0.3 is 39.1 Å². The van der Waals surface area contributed by atoms with Crippen LogP contribution >= 0.6 is 0 Å². The predicted molar refractivity (Wildman–Crippen MR) is 137 cm³/mol. The number of hydrogen-bond acceptors (Lipinski definition) is 8. The highest BCUT2D eigenvalue weighted by Gasteiger charge is 2.17. The first-order valence-electron chi connectivity index (χ1n) is 12.4. The molecule has 10 heteroatoms. The predicted octanol–water partition coefficient (Wildman–Crippen LogP) is -1.68. The lowest BCUT2D eigenvalue weighted by molar-refractivity contribution is -0.887. The van der Waals surface area contributed by atoms with E-state index in [1.807, 2.05) is 12.1 Å². The van der Waals surface area contributed by atoms with Crippen molar-refractivity contribution in [2.75, 3.05) is 35.3 Å². The smallest absolute Gasteiger partial charge is 0.354 e. The molecule has 1 aliphatic carbocycles. The van der Waals surface area contributed by atoms with Crippen molar-refractivity contribution in [3.05, 3.63) is 66.2 Å². The van der Waals surface area contributed by atoms with E-state index in [9.17, 15) is 29.4 Å². The number of carboxylic acid groups (broad SMARTS) is 2. The van der Waals surface area contributed by atoms with Gasteiger partial charge in [0.2, 0.25) is 0 Å². The minimum Gasteiger partial charge on any atom is -0.539 e. The number of benzene rings is 2. The Morgan fingerprint density at radius 1 is 0.763 bits per heavy atom. The lowest BCUT2D eigenvalue weighted by Crippen LogP contribution is -3.10. The van der Waals surface area contributed by atoms with E-state index in [0.717, 1.165) is 18.7 Å². The number of methoxy groups -OCH3 is 1. The number of carbonyl (C=O) groups excluding carboxylic acids is 4. The molecule has 2 aromatic carbocycles. The van der Waals surface area contributed by atoms with E-state index in [0.29, 0.717) is 0 Å².